The number of hydrogen-bond acceptors (Lipinski definition) is 1. The Labute approximate surface area is 90.2 Å². The van der Waals surface area contributed by atoms with Crippen molar-refractivity contribution in [1.29, 1.82) is 0 Å². The van der Waals surface area contributed by atoms with Crippen LogP contribution in [0.5, 0.6) is 0 Å². The van der Waals surface area contributed by atoms with Gasteiger partial charge in [-0.15, -0.1) is 0 Å². The van der Waals surface area contributed by atoms with E-state index in [1.807, 2.05) is 0 Å². The van der Waals surface area contributed by atoms with Crippen LogP contribution in [0.3, 0.4) is 0 Å². The van der Waals surface area contributed by atoms with E-state index in [1.165, 1.54) is 6.92 Å². The molecule has 1 radical (unpaired) electrons. The molecule has 0 aliphatic rings. The van der Waals surface area contributed by atoms with Crippen LogP contribution in [-0.2, 0) is 4.79 Å². The molecule has 0 amide bonds. The van der Waals surface area contributed by atoms with Gasteiger partial charge in [0.15, 0.2) is 0 Å². The molecule has 13 heavy (non-hydrogen) atoms. The topological polar surface area (TPSA) is 37.3 Å². The summed E-state index contributed by atoms with van der Waals surface area (Å²) in [5, 5.41) is 7.89. The summed E-state index contributed by atoms with van der Waals surface area (Å²) in [6, 6.07) is 0. The summed E-state index contributed by atoms with van der Waals surface area (Å²) in [7, 11) is 0. The summed E-state index contributed by atoms with van der Waals surface area (Å²) < 4.78 is 4.70. The van der Waals surface area contributed by atoms with Crippen LogP contribution in [0.25, 0.3) is 0 Å². The van der Waals surface area contributed by atoms with Gasteiger partial charge >= 0.3 is 61.4 Å². The van der Waals surface area contributed by atoms with Gasteiger partial charge in [0.05, 0.1) is 0 Å². The quantitative estimate of drug-likeness (QED) is 0.601. The van der Waals surface area contributed by atoms with Crippen molar-refractivity contribution in [1.82, 2.24) is 0 Å². The van der Waals surface area contributed by atoms with Gasteiger partial charge in [-0.1, -0.05) is 6.58 Å². The molecule has 0 spiro atoms. The Kier molecular flexibility index (Phi) is 12.3. The average molecular weight is 380 g/mol. The second kappa shape index (κ2) is 10.2. The third-order valence-corrected chi connectivity index (χ3v) is 13.5. The first kappa shape index (κ1) is 15.6. The molecule has 0 bridgehead atoms. The molecule has 2 nitrogen and oxygen atoms in total. The van der Waals surface area contributed by atoms with Crippen molar-refractivity contribution < 1.29 is 9.90 Å². The molecule has 0 saturated heterocycles. The summed E-state index contributed by atoms with van der Waals surface area (Å²) in [4.78, 5) is 9.60. The van der Waals surface area contributed by atoms with Crippen LogP contribution in [0.4, 0.5) is 0 Å². The Balaban J connectivity index is 0. The second-order valence-electron chi connectivity index (χ2n) is 2.90. The third-order valence-electron chi connectivity index (χ3n) is 1.87. The fourth-order valence-corrected chi connectivity index (χ4v) is 6.58. The van der Waals surface area contributed by atoms with E-state index in [2.05, 4.69) is 27.4 Å². The van der Waals surface area contributed by atoms with E-state index in [1.54, 1.807) is 11.9 Å². The van der Waals surface area contributed by atoms with Gasteiger partial charge in [0.2, 0.25) is 0 Å². The zero-order valence-electron chi connectivity index (χ0n) is 9.18. The summed E-state index contributed by atoms with van der Waals surface area (Å²) in [6.45, 7) is 11.7. The molecular formula is C10H21O2Pb. The fourth-order valence-electron chi connectivity index (χ4n) is 0.750. The molecule has 0 rings (SSSR count). The van der Waals surface area contributed by atoms with Gasteiger partial charge in [-0.05, 0) is 6.92 Å². The maximum absolute atomic E-state index is 9.60. The zero-order chi connectivity index (χ0) is 10.9. The normalized spacial score (nSPS) is 9.00. The number of aliphatic carboxylic acids is 1. The fraction of sp³-hybridized carbons (Fsp3) is 0.700. The van der Waals surface area contributed by atoms with Crippen molar-refractivity contribution in [3.05, 3.63) is 12.2 Å². The summed E-state index contributed by atoms with van der Waals surface area (Å²) >= 11 is -0.789. The molecule has 0 aliphatic heterocycles. The molecule has 77 valence electrons. The van der Waals surface area contributed by atoms with E-state index in [-0.39, 0.29) is 5.57 Å². The third kappa shape index (κ3) is 12.1. The number of rotatable bonds is 4. The van der Waals surface area contributed by atoms with Gasteiger partial charge < -0.3 is 5.11 Å². The molecule has 1 N–H and O–H groups in total. The van der Waals surface area contributed by atoms with E-state index >= 15 is 0 Å². The Morgan fingerprint density at radius 2 is 1.46 bits per heavy atom. The van der Waals surface area contributed by atoms with Crippen molar-refractivity contribution >= 4 is 28.7 Å². The van der Waals surface area contributed by atoms with Gasteiger partial charge in [-0.2, -0.15) is 0 Å². The van der Waals surface area contributed by atoms with Gasteiger partial charge in [-0.25, -0.2) is 4.79 Å². The van der Waals surface area contributed by atoms with Crippen molar-refractivity contribution in [3.63, 3.8) is 0 Å². The first-order chi connectivity index (χ1) is 5.99. The molecule has 0 saturated carbocycles. The molecular weight excluding hydrogens is 359 g/mol. The summed E-state index contributed by atoms with van der Waals surface area (Å²) in [6.07, 6.45) is 0. The molecule has 0 fully saturated rings. The maximum atomic E-state index is 9.60. The van der Waals surface area contributed by atoms with Gasteiger partial charge in [0.25, 0.3) is 0 Å². The van der Waals surface area contributed by atoms with Crippen molar-refractivity contribution in [3.8, 4) is 0 Å². The minimum absolute atomic E-state index is 0.176. The van der Waals surface area contributed by atoms with Crippen molar-refractivity contribution in [2.75, 3.05) is 0 Å². The van der Waals surface area contributed by atoms with Crippen LogP contribution >= 0.6 is 0 Å². The molecule has 0 aromatic carbocycles. The van der Waals surface area contributed by atoms with Crippen LogP contribution in [0, 0.1) is 0 Å². The Morgan fingerprint density at radius 1 is 1.23 bits per heavy atom. The zero-order valence-corrected chi connectivity index (χ0v) is 13.1. The Bertz CT molecular complexity index is 133. The van der Waals surface area contributed by atoms with Crippen LogP contribution < -0.4 is 0 Å². The first-order valence-corrected chi connectivity index (χ1v) is 13.0. The molecule has 0 heterocycles. The van der Waals surface area contributed by atoms with Gasteiger partial charge in [0.1, 0.15) is 0 Å². The predicted molar refractivity (Wildman–Crippen MR) is 59.6 cm³/mol. The molecule has 3 heteroatoms. The van der Waals surface area contributed by atoms with Crippen LogP contribution in [0.2, 0.25) is 11.9 Å². The number of carbonyl (C=O) groups is 1. The average Bonchev–Trinajstić information content (AvgIpc) is 2.08. The van der Waals surface area contributed by atoms with Gasteiger partial charge in [0, 0.05) is 5.57 Å². The molecule has 0 unspecified atom stereocenters. The monoisotopic (exact) mass is 381 g/mol. The number of hydrogen-bond donors (Lipinski definition) is 1. The number of carboxylic acid groups (broad SMARTS) is 1. The van der Waals surface area contributed by atoms with E-state index < -0.39 is 28.7 Å². The van der Waals surface area contributed by atoms with E-state index in [9.17, 15) is 4.79 Å². The van der Waals surface area contributed by atoms with Gasteiger partial charge in [-0.3, -0.25) is 0 Å². The minimum atomic E-state index is -0.935. The second-order valence-corrected chi connectivity index (χ2v) is 17.0. The number of carboxylic acids is 1. The standard InChI is InChI=1S/C4H6O2.3C2H5.Pb/c1-3(2)4(5)6;3*1-2;/h1H2,2H3,(H,5,6);3*1H2,2H3;. The Morgan fingerprint density at radius 3 is 1.46 bits per heavy atom. The molecule has 0 aromatic heterocycles. The van der Waals surface area contributed by atoms with Crippen LogP contribution in [-0.4, -0.2) is 33.8 Å². The van der Waals surface area contributed by atoms with E-state index in [0.717, 1.165) is 0 Å². The first-order valence-electron chi connectivity index (χ1n) is 4.71. The summed E-state index contributed by atoms with van der Waals surface area (Å²) in [5.41, 5.74) is 0.176. The molecule has 0 aromatic rings. The molecule has 0 atom stereocenters. The van der Waals surface area contributed by atoms with Crippen LogP contribution in [0.15, 0.2) is 12.2 Å². The Hall–Kier alpha value is 0.132. The summed E-state index contributed by atoms with van der Waals surface area (Å²) in [5.74, 6) is -0.935. The van der Waals surface area contributed by atoms with Crippen molar-refractivity contribution in [2.24, 2.45) is 0 Å². The van der Waals surface area contributed by atoms with Crippen LogP contribution in [0.1, 0.15) is 27.7 Å². The van der Waals surface area contributed by atoms with Crippen molar-refractivity contribution in [2.45, 2.75) is 39.6 Å². The van der Waals surface area contributed by atoms with E-state index in [0.29, 0.717) is 0 Å². The SMILES string of the molecule is C=C(C)C(=O)O.C[CH2][Pb]([CH2]C)[CH2]C. The van der Waals surface area contributed by atoms with E-state index in [4.69, 9.17) is 5.11 Å². The predicted octanol–water partition coefficient (Wildman–Crippen LogP) is 3.19. The molecule has 0 aliphatic carbocycles.